The van der Waals surface area contributed by atoms with Crippen LogP contribution in [-0.4, -0.2) is 11.3 Å². The molecule has 0 aliphatic heterocycles. The second-order valence-corrected chi connectivity index (χ2v) is 16.2. The molecule has 0 spiro atoms. The van der Waals surface area contributed by atoms with Crippen LogP contribution in [0.15, 0.2) is 0 Å². The van der Waals surface area contributed by atoms with Crippen molar-refractivity contribution in [2.24, 2.45) is 17.8 Å². The third kappa shape index (κ3) is 2.95. The van der Waals surface area contributed by atoms with Gasteiger partial charge in [0.1, 0.15) is 0 Å². The van der Waals surface area contributed by atoms with Crippen LogP contribution in [0.5, 0.6) is 0 Å². The van der Waals surface area contributed by atoms with E-state index in [1.54, 1.807) is 0 Å². The zero-order valence-corrected chi connectivity index (χ0v) is 14.9. The molecule has 2 rings (SSSR count). The van der Waals surface area contributed by atoms with Crippen LogP contribution in [0.2, 0.25) is 25.7 Å². The van der Waals surface area contributed by atoms with Gasteiger partial charge in [-0.3, -0.25) is 0 Å². The Hall–Kier alpha value is 1.18. The number of halogens is 2. The van der Waals surface area contributed by atoms with E-state index in [2.05, 4.69) is 51.5 Å². The number of rotatable bonds is 3. The van der Waals surface area contributed by atoms with Gasteiger partial charge in [0, 0.05) is 8.07 Å². The zero-order valence-electron chi connectivity index (χ0n) is 10.7. The van der Waals surface area contributed by atoms with Gasteiger partial charge in [0.25, 0.3) is 0 Å². The van der Waals surface area contributed by atoms with Crippen molar-refractivity contribution in [1.82, 2.24) is 0 Å². The predicted octanol–water partition coefficient (Wildman–Crippen LogP) is 5.64. The van der Waals surface area contributed by atoms with E-state index in [0.29, 0.717) is 3.23 Å². The topological polar surface area (TPSA) is 0 Å². The van der Waals surface area contributed by atoms with Crippen molar-refractivity contribution < 1.29 is 0 Å². The first-order valence-electron chi connectivity index (χ1n) is 6.70. The van der Waals surface area contributed by atoms with E-state index in [1.807, 2.05) is 0 Å². The van der Waals surface area contributed by atoms with Gasteiger partial charge in [-0.25, -0.2) is 0 Å². The van der Waals surface area contributed by atoms with Crippen molar-refractivity contribution in [2.45, 2.75) is 61.0 Å². The summed E-state index contributed by atoms with van der Waals surface area (Å²) in [4.78, 5) is 0. The van der Waals surface area contributed by atoms with Gasteiger partial charge < -0.3 is 0 Å². The largest absolute Gasteiger partial charge is 0.0868 e. The highest BCUT2D eigenvalue weighted by molar-refractivity contribution is 9.25. The van der Waals surface area contributed by atoms with Gasteiger partial charge in [0.05, 0.1) is 3.23 Å². The Morgan fingerprint density at radius 3 is 2.12 bits per heavy atom. The lowest BCUT2D eigenvalue weighted by atomic mass is 9.85. The molecule has 0 radical (unpaired) electrons. The molecule has 0 aromatic heterocycles. The fourth-order valence-electron chi connectivity index (χ4n) is 3.48. The molecule has 94 valence electrons. The average Bonchev–Trinajstić information content (AvgIpc) is 2.66. The maximum Gasteiger partial charge on any atom is 0.0868 e. The van der Waals surface area contributed by atoms with Gasteiger partial charge in [0.15, 0.2) is 0 Å². The maximum absolute atomic E-state index is 3.95. The van der Waals surface area contributed by atoms with Crippen molar-refractivity contribution in [3.05, 3.63) is 0 Å². The Bertz CT molecular complexity index is 251. The van der Waals surface area contributed by atoms with Gasteiger partial charge in [-0.1, -0.05) is 89.6 Å². The molecule has 2 saturated carbocycles. The summed E-state index contributed by atoms with van der Waals surface area (Å²) in [5, 5.41) is 0. The van der Waals surface area contributed by atoms with Gasteiger partial charge in [-0.05, 0) is 17.8 Å². The minimum absolute atomic E-state index is 0.308. The van der Waals surface area contributed by atoms with Gasteiger partial charge in [-0.15, -0.1) is 0 Å². The SMILES string of the molecule is C[Si](C)(C)C[C@H]1[C@H](C2CCCCC2)C1(Br)Br. The third-order valence-electron chi connectivity index (χ3n) is 4.25. The van der Waals surface area contributed by atoms with Gasteiger partial charge >= 0.3 is 0 Å². The Balaban J connectivity index is 1.95. The quantitative estimate of drug-likeness (QED) is 0.447. The molecule has 0 nitrogen and oxygen atoms in total. The van der Waals surface area contributed by atoms with Crippen LogP contribution in [0, 0.1) is 17.8 Å². The Morgan fingerprint density at radius 1 is 1.06 bits per heavy atom. The first-order valence-corrected chi connectivity index (χ1v) is 12.0. The molecule has 2 fully saturated rings. The number of alkyl halides is 2. The minimum Gasteiger partial charge on any atom is -0.0721 e. The molecule has 0 unspecified atom stereocenters. The Morgan fingerprint density at radius 2 is 1.62 bits per heavy atom. The highest BCUT2D eigenvalue weighted by Gasteiger charge is 2.64. The first-order chi connectivity index (χ1) is 7.32. The number of hydrogen-bond donors (Lipinski definition) is 0. The fourth-order valence-corrected chi connectivity index (χ4v) is 7.98. The normalized spacial score (nSPS) is 35.1. The molecule has 0 aromatic rings. The standard InChI is InChI=1S/C13H24Br2Si/c1-16(2,3)9-11-12(13(11,14)15)10-7-5-4-6-8-10/h10-12H,4-9H2,1-3H3/t11-,12-/m0/s1. The second kappa shape index (κ2) is 4.69. The van der Waals surface area contributed by atoms with Crippen LogP contribution < -0.4 is 0 Å². The van der Waals surface area contributed by atoms with Crippen LogP contribution in [-0.2, 0) is 0 Å². The Labute approximate surface area is 118 Å². The molecular weight excluding hydrogens is 344 g/mol. The minimum atomic E-state index is -0.912. The van der Waals surface area contributed by atoms with Crippen LogP contribution in [0.3, 0.4) is 0 Å². The summed E-state index contributed by atoms with van der Waals surface area (Å²) in [7, 11) is -0.912. The van der Waals surface area contributed by atoms with Crippen molar-refractivity contribution in [3.63, 3.8) is 0 Å². The highest BCUT2D eigenvalue weighted by Crippen LogP contribution is 2.69. The van der Waals surface area contributed by atoms with Crippen molar-refractivity contribution in [3.8, 4) is 0 Å². The van der Waals surface area contributed by atoms with Crippen molar-refractivity contribution in [2.75, 3.05) is 0 Å². The van der Waals surface area contributed by atoms with Crippen LogP contribution in [0.25, 0.3) is 0 Å². The summed E-state index contributed by atoms with van der Waals surface area (Å²) in [5.41, 5.74) is 0. The molecule has 2 aliphatic carbocycles. The average molecular weight is 368 g/mol. The molecule has 2 aliphatic rings. The summed E-state index contributed by atoms with van der Waals surface area (Å²) in [6, 6.07) is 1.48. The van der Waals surface area contributed by atoms with Crippen LogP contribution in [0.1, 0.15) is 32.1 Å². The Kier molecular flexibility index (Phi) is 3.99. The maximum atomic E-state index is 3.95. The monoisotopic (exact) mass is 366 g/mol. The van der Waals surface area contributed by atoms with E-state index < -0.39 is 8.07 Å². The van der Waals surface area contributed by atoms with Crippen molar-refractivity contribution in [1.29, 1.82) is 0 Å². The highest BCUT2D eigenvalue weighted by atomic mass is 79.9. The molecule has 0 aromatic carbocycles. The van der Waals surface area contributed by atoms with E-state index >= 15 is 0 Å². The zero-order chi connectivity index (χ0) is 12.0. The summed E-state index contributed by atoms with van der Waals surface area (Å²) in [5.74, 6) is 2.82. The van der Waals surface area contributed by atoms with Crippen LogP contribution >= 0.6 is 31.9 Å². The van der Waals surface area contributed by atoms with E-state index in [9.17, 15) is 0 Å². The molecule has 0 saturated heterocycles. The first kappa shape index (κ1) is 13.6. The predicted molar refractivity (Wildman–Crippen MR) is 82.3 cm³/mol. The molecular formula is C13H24Br2Si. The molecule has 0 heterocycles. The van der Waals surface area contributed by atoms with Crippen molar-refractivity contribution >= 4 is 39.9 Å². The molecule has 2 atom stereocenters. The lowest BCUT2D eigenvalue weighted by molar-refractivity contribution is 0.312. The second-order valence-electron chi connectivity index (χ2n) is 6.97. The third-order valence-corrected chi connectivity index (χ3v) is 8.15. The lowest BCUT2D eigenvalue weighted by Crippen LogP contribution is -2.21. The molecule has 0 N–H and O–H groups in total. The lowest BCUT2D eigenvalue weighted by Gasteiger charge is -2.23. The summed E-state index contributed by atoms with van der Waals surface area (Å²) >= 11 is 7.89. The number of hydrogen-bond acceptors (Lipinski definition) is 0. The van der Waals surface area contributed by atoms with E-state index in [0.717, 1.165) is 17.8 Å². The molecule has 0 bridgehead atoms. The summed E-state index contributed by atoms with van der Waals surface area (Å²) in [6.45, 7) is 7.50. The van der Waals surface area contributed by atoms with E-state index in [4.69, 9.17) is 0 Å². The van der Waals surface area contributed by atoms with Crippen LogP contribution in [0.4, 0.5) is 0 Å². The summed E-state index contributed by atoms with van der Waals surface area (Å²) in [6.07, 6.45) is 7.37. The van der Waals surface area contributed by atoms with E-state index in [1.165, 1.54) is 38.1 Å². The van der Waals surface area contributed by atoms with Gasteiger partial charge in [0.2, 0.25) is 0 Å². The summed E-state index contributed by atoms with van der Waals surface area (Å²) < 4.78 is 0.308. The fraction of sp³-hybridized carbons (Fsp3) is 1.00. The van der Waals surface area contributed by atoms with E-state index in [-0.39, 0.29) is 0 Å². The van der Waals surface area contributed by atoms with Gasteiger partial charge in [-0.2, -0.15) is 0 Å². The smallest absolute Gasteiger partial charge is 0.0721 e. The molecule has 0 amide bonds. The molecule has 16 heavy (non-hydrogen) atoms. The molecule has 3 heteroatoms.